The molecule has 0 bridgehead atoms. The first kappa shape index (κ1) is 23.1. The standard InChI is InChI=1S/C24H26N2O3.CH2O2/c1-16-8-4-5-9-19(16)21-15-23(27)29-22-14-18(10-11-20(21)22)25-17(2)24(28)26-12-6-3-7-13-26;2-1-3/h4-5,8-11,14-15,17,25H,3,6-7,12-13H2,1-2H3;1H,(H,2,3). The number of aryl methyl sites for hydroxylation is 1. The predicted octanol–water partition coefficient (Wildman–Crippen LogP) is 4.28. The molecule has 0 radical (unpaired) electrons. The summed E-state index contributed by atoms with van der Waals surface area (Å²) in [6.45, 7) is 5.31. The molecule has 1 fully saturated rings. The van der Waals surface area contributed by atoms with Gasteiger partial charge >= 0.3 is 5.63 Å². The Bertz CT molecular complexity index is 1150. The van der Waals surface area contributed by atoms with E-state index in [1.807, 2.05) is 55.1 Å². The predicted molar refractivity (Wildman–Crippen MR) is 125 cm³/mol. The van der Waals surface area contributed by atoms with E-state index in [9.17, 15) is 9.59 Å². The van der Waals surface area contributed by atoms with Crippen molar-refractivity contribution in [1.82, 2.24) is 4.90 Å². The summed E-state index contributed by atoms with van der Waals surface area (Å²) in [7, 11) is 0. The highest BCUT2D eigenvalue weighted by atomic mass is 16.4. The summed E-state index contributed by atoms with van der Waals surface area (Å²) in [5, 5.41) is 11.0. The van der Waals surface area contributed by atoms with Crippen LogP contribution in [0.5, 0.6) is 0 Å². The highest BCUT2D eigenvalue weighted by molar-refractivity contribution is 5.95. The summed E-state index contributed by atoms with van der Waals surface area (Å²) < 4.78 is 5.47. The minimum atomic E-state index is -0.384. The van der Waals surface area contributed by atoms with Crippen molar-refractivity contribution in [2.24, 2.45) is 0 Å². The SMILES string of the molecule is Cc1ccccc1-c1cc(=O)oc2cc(NC(C)C(=O)N3CCCCC3)ccc12.O=CO. The first-order valence-electron chi connectivity index (χ1n) is 10.7. The Morgan fingerprint density at radius 2 is 1.78 bits per heavy atom. The minimum Gasteiger partial charge on any atom is -0.483 e. The van der Waals surface area contributed by atoms with E-state index in [1.54, 1.807) is 12.1 Å². The Balaban J connectivity index is 0.000000913. The number of amides is 1. The van der Waals surface area contributed by atoms with E-state index in [-0.39, 0.29) is 24.0 Å². The smallest absolute Gasteiger partial charge is 0.336 e. The van der Waals surface area contributed by atoms with Crippen LogP contribution in [-0.4, -0.2) is 41.5 Å². The monoisotopic (exact) mass is 436 g/mol. The normalized spacial score (nSPS) is 14.2. The number of benzene rings is 2. The number of carbonyl (C=O) groups excluding carboxylic acids is 1. The Morgan fingerprint density at radius 3 is 2.47 bits per heavy atom. The van der Waals surface area contributed by atoms with Gasteiger partial charge in [-0.15, -0.1) is 0 Å². The van der Waals surface area contributed by atoms with Crippen molar-refractivity contribution in [2.45, 2.75) is 39.2 Å². The number of nitrogens with zero attached hydrogens (tertiary/aromatic N) is 1. The molecule has 1 aliphatic heterocycles. The second-order valence-corrected chi connectivity index (χ2v) is 7.86. The van der Waals surface area contributed by atoms with Crippen LogP contribution < -0.4 is 10.9 Å². The second-order valence-electron chi connectivity index (χ2n) is 7.86. The summed E-state index contributed by atoms with van der Waals surface area (Å²) in [4.78, 5) is 35.2. The molecule has 0 saturated carbocycles. The summed E-state index contributed by atoms with van der Waals surface area (Å²) in [6.07, 6.45) is 3.33. The van der Waals surface area contributed by atoms with Gasteiger partial charge in [0.1, 0.15) is 11.6 Å². The van der Waals surface area contributed by atoms with Crippen molar-refractivity contribution in [3.8, 4) is 11.1 Å². The molecule has 0 spiro atoms. The van der Waals surface area contributed by atoms with Crippen LogP contribution in [0.1, 0.15) is 31.7 Å². The lowest BCUT2D eigenvalue weighted by Crippen LogP contribution is -2.43. The van der Waals surface area contributed by atoms with Crippen LogP contribution in [-0.2, 0) is 9.59 Å². The lowest BCUT2D eigenvalue weighted by atomic mass is 9.98. The van der Waals surface area contributed by atoms with E-state index in [4.69, 9.17) is 14.3 Å². The van der Waals surface area contributed by atoms with E-state index in [2.05, 4.69) is 5.32 Å². The lowest BCUT2D eigenvalue weighted by Gasteiger charge is -2.29. The Morgan fingerprint density at radius 1 is 1.09 bits per heavy atom. The van der Waals surface area contributed by atoms with Gasteiger partial charge in [-0.1, -0.05) is 24.3 Å². The molecule has 1 atom stereocenters. The molecule has 1 aliphatic rings. The van der Waals surface area contributed by atoms with Crippen LogP contribution in [0.2, 0.25) is 0 Å². The summed E-state index contributed by atoms with van der Waals surface area (Å²) in [5.74, 6) is 0.111. The molecule has 168 valence electrons. The molecule has 7 heteroatoms. The van der Waals surface area contributed by atoms with E-state index in [0.29, 0.717) is 5.58 Å². The molecule has 0 aliphatic carbocycles. The summed E-state index contributed by atoms with van der Waals surface area (Å²) in [5.41, 5.74) is 3.87. The van der Waals surface area contributed by atoms with Crippen molar-refractivity contribution in [3.05, 3.63) is 64.5 Å². The van der Waals surface area contributed by atoms with Gasteiger partial charge in [0.2, 0.25) is 5.91 Å². The highest BCUT2D eigenvalue weighted by Gasteiger charge is 2.22. The molecule has 1 amide bonds. The molecule has 7 nitrogen and oxygen atoms in total. The van der Waals surface area contributed by atoms with Crippen LogP contribution in [0.4, 0.5) is 5.69 Å². The average Bonchev–Trinajstić information content (AvgIpc) is 2.79. The molecule has 32 heavy (non-hydrogen) atoms. The number of anilines is 1. The van der Waals surface area contributed by atoms with Crippen LogP contribution in [0.25, 0.3) is 22.1 Å². The molecule has 1 aromatic heterocycles. The third-order valence-electron chi connectivity index (χ3n) is 5.60. The Labute approximate surface area is 186 Å². The van der Waals surface area contributed by atoms with Crippen LogP contribution in [0.3, 0.4) is 0 Å². The molecular formula is C25H28N2O5. The molecule has 2 aromatic carbocycles. The molecule has 3 aromatic rings. The molecule has 2 heterocycles. The average molecular weight is 437 g/mol. The lowest BCUT2D eigenvalue weighted by molar-refractivity contribution is -0.132. The molecule has 2 N–H and O–H groups in total. The van der Waals surface area contributed by atoms with Gasteiger partial charge < -0.3 is 19.7 Å². The first-order chi connectivity index (χ1) is 15.4. The third-order valence-corrected chi connectivity index (χ3v) is 5.60. The van der Waals surface area contributed by atoms with E-state index >= 15 is 0 Å². The van der Waals surface area contributed by atoms with Crippen LogP contribution >= 0.6 is 0 Å². The highest BCUT2D eigenvalue weighted by Crippen LogP contribution is 2.31. The zero-order chi connectivity index (χ0) is 23.1. The minimum absolute atomic E-state index is 0.111. The second kappa shape index (κ2) is 10.6. The number of fused-ring (bicyclic) bond motifs is 1. The van der Waals surface area contributed by atoms with Gasteiger partial charge in [-0.2, -0.15) is 0 Å². The van der Waals surface area contributed by atoms with Crippen molar-refractivity contribution in [2.75, 3.05) is 18.4 Å². The molecule has 1 unspecified atom stereocenters. The van der Waals surface area contributed by atoms with E-state index in [1.165, 1.54) is 6.42 Å². The van der Waals surface area contributed by atoms with Crippen molar-refractivity contribution in [1.29, 1.82) is 0 Å². The Hall–Kier alpha value is -3.61. The van der Waals surface area contributed by atoms with Crippen LogP contribution in [0, 0.1) is 6.92 Å². The van der Waals surface area contributed by atoms with E-state index in [0.717, 1.165) is 53.7 Å². The summed E-state index contributed by atoms with van der Waals surface area (Å²) in [6, 6.07) is 14.9. The molecule has 1 saturated heterocycles. The topological polar surface area (TPSA) is 99.9 Å². The van der Waals surface area contributed by atoms with Gasteiger partial charge in [0, 0.05) is 41.9 Å². The molecule has 4 rings (SSSR count). The number of likely N-dealkylation sites (tertiary alicyclic amines) is 1. The number of rotatable bonds is 4. The van der Waals surface area contributed by atoms with Gasteiger partial charge in [0.25, 0.3) is 6.47 Å². The fourth-order valence-corrected chi connectivity index (χ4v) is 4.05. The van der Waals surface area contributed by atoms with Gasteiger partial charge in [0.05, 0.1) is 0 Å². The first-order valence-corrected chi connectivity index (χ1v) is 10.7. The third kappa shape index (κ3) is 5.35. The number of carboxylic acid groups (broad SMARTS) is 1. The number of piperidine rings is 1. The number of nitrogens with one attached hydrogen (secondary N) is 1. The van der Waals surface area contributed by atoms with Crippen molar-refractivity contribution in [3.63, 3.8) is 0 Å². The zero-order valence-corrected chi connectivity index (χ0v) is 18.3. The van der Waals surface area contributed by atoms with Crippen molar-refractivity contribution < 1.29 is 19.1 Å². The molecular weight excluding hydrogens is 408 g/mol. The number of hydrogen-bond donors (Lipinski definition) is 2. The van der Waals surface area contributed by atoms with E-state index < -0.39 is 0 Å². The van der Waals surface area contributed by atoms with Crippen molar-refractivity contribution >= 4 is 29.0 Å². The summed E-state index contributed by atoms with van der Waals surface area (Å²) >= 11 is 0. The fraction of sp³-hybridized carbons (Fsp3) is 0.320. The van der Waals surface area contributed by atoms with Gasteiger partial charge in [-0.25, -0.2) is 4.79 Å². The van der Waals surface area contributed by atoms with Gasteiger partial charge in [-0.05, 0) is 56.4 Å². The maximum atomic E-state index is 12.7. The van der Waals surface area contributed by atoms with Crippen LogP contribution in [0.15, 0.2) is 57.7 Å². The number of carbonyl (C=O) groups is 2. The maximum absolute atomic E-state index is 12.7. The Kier molecular flexibility index (Phi) is 7.65. The fourth-order valence-electron chi connectivity index (χ4n) is 4.05. The number of hydrogen-bond acceptors (Lipinski definition) is 5. The quantitative estimate of drug-likeness (QED) is 0.468. The van der Waals surface area contributed by atoms with Gasteiger partial charge in [0.15, 0.2) is 0 Å². The van der Waals surface area contributed by atoms with Gasteiger partial charge in [-0.3, -0.25) is 9.59 Å². The largest absolute Gasteiger partial charge is 0.483 e. The zero-order valence-electron chi connectivity index (χ0n) is 18.3. The maximum Gasteiger partial charge on any atom is 0.336 e.